The molecular weight excluding hydrogens is 292 g/mol. The zero-order valence-corrected chi connectivity index (χ0v) is 14.9. The minimum atomic E-state index is -0.728. The number of rotatable bonds is 2. The quantitative estimate of drug-likeness (QED) is 0.611. The van der Waals surface area contributed by atoms with E-state index in [9.17, 15) is 9.90 Å². The van der Waals surface area contributed by atoms with Crippen LogP contribution in [0.1, 0.15) is 66.2 Å². The molecule has 0 aromatic heterocycles. The highest BCUT2D eigenvalue weighted by molar-refractivity contribution is 5.61. The summed E-state index contributed by atoms with van der Waals surface area (Å²) in [4.78, 5) is 11.4. The van der Waals surface area contributed by atoms with Gasteiger partial charge in [0, 0.05) is 6.42 Å². The third kappa shape index (κ3) is 2.90. The predicted molar refractivity (Wildman–Crippen MR) is 88.0 cm³/mol. The fourth-order valence-corrected chi connectivity index (χ4v) is 5.47. The van der Waals surface area contributed by atoms with Gasteiger partial charge in [0.05, 0.1) is 0 Å². The van der Waals surface area contributed by atoms with Gasteiger partial charge in [-0.1, -0.05) is 38.3 Å². The number of fused-ring (bicyclic) bond motifs is 1. The second kappa shape index (κ2) is 5.80. The van der Waals surface area contributed by atoms with Crippen molar-refractivity contribution >= 4 is 6.16 Å². The molecule has 1 N–H and O–H groups in total. The SMILES string of the molecule is CC1=C(CC2OC(=O)OCC2O)[C@]2(C)CCCC(C)(C)[C@H]2CC1. The molecule has 0 aromatic rings. The molecule has 4 nitrogen and oxygen atoms in total. The van der Waals surface area contributed by atoms with Crippen molar-refractivity contribution < 1.29 is 19.4 Å². The van der Waals surface area contributed by atoms with E-state index in [2.05, 4.69) is 27.7 Å². The molecule has 0 aromatic carbocycles. The first-order valence-corrected chi connectivity index (χ1v) is 8.94. The molecule has 4 heteroatoms. The molecule has 0 amide bonds. The van der Waals surface area contributed by atoms with Crippen molar-refractivity contribution in [2.45, 2.75) is 78.4 Å². The lowest BCUT2D eigenvalue weighted by molar-refractivity contribution is -0.101. The van der Waals surface area contributed by atoms with Gasteiger partial charge in [0.1, 0.15) is 18.8 Å². The van der Waals surface area contributed by atoms with E-state index in [1.807, 2.05) is 0 Å². The molecular formula is C19H30O4. The van der Waals surface area contributed by atoms with Gasteiger partial charge in [0.15, 0.2) is 0 Å². The van der Waals surface area contributed by atoms with Gasteiger partial charge < -0.3 is 14.6 Å². The number of allylic oxidation sites excluding steroid dienone is 1. The van der Waals surface area contributed by atoms with Crippen molar-refractivity contribution in [3.8, 4) is 0 Å². The summed E-state index contributed by atoms with van der Waals surface area (Å²) in [5.41, 5.74) is 3.36. The number of hydrogen-bond acceptors (Lipinski definition) is 4. The summed E-state index contributed by atoms with van der Waals surface area (Å²) in [5.74, 6) is 0.662. The van der Waals surface area contributed by atoms with Crippen molar-refractivity contribution in [3.63, 3.8) is 0 Å². The van der Waals surface area contributed by atoms with Crippen LogP contribution < -0.4 is 0 Å². The molecule has 4 atom stereocenters. The number of aliphatic hydroxyl groups is 1. The number of carbonyl (C=O) groups is 1. The molecule has 1 aliphatic heterocycles. The fraction of sp³-hybridized carbons (Fsp3) is 0.842. The van der Waals surface area contributed by atoms with Crippen LogP contribution >= 0.6 is 0 Å². The summed E-state index contributed by atoms with van der Waals surface area (Å²) in [5, 5.41) is 10.2. The molecule has 3 aliphatic rings. The van der Waals surface area contributed by atoms with Crippen molar-refractivity contribution in [2.75, 3.05) is 6.61 Å². The second-order valence-corrected chi connectivity index (χ2v) is 8.60. The van der Waals surface area contributed by atoms with Crippen LogP contribution in [0.4, 0.5) is 4.79 Å². The zero-order valence-electron chi connectivity index (χ0n) is 14.9. The average Bonchev–Trinajstić information content (AvgIpc) is 2.45. The number of aliphatic hydroxyl groups excluding tert-OH is 1. The Bertz CT molecular complexity index is 521. The van der Waals surface area contributed by atoms with E-state index in [0.717, 1.165) is 6.42 Å². The van der Waals surface area contributed by atoms with E-state index < -0.39 is 18.4 Å². The summed E-state index contributed by atoms with van der Waals surface area (Å²) in [6.07, 6.45) is 4.88. The zero-order chi connectivity index (χ0) is 16.8. The van der Waals surface area contributed by atoms with Gasteiger partial charge in [-0.2, -0.15) is 0 Å². The molecule has 2 fully saturated rings. The van der Waals surface area contributed by atoms with Gasteiger partial charge in [0.2, 0.25) is 0 Å². The van der Waals surface area contributed by atoms with Crippen molar-refractivity contribution in [2.24, 2.45) is 16.7 Å². The van der Waals surface area contributed by atoms with E-state index >= 15 is 0 Å². The monoisotopic (exact) mass is 322 g/mol. The lowest BCUT2D eigenvalue weighted by atomic mass is 9.50. The van der Waals surface area contributed by atoms with Crippen LogP contribution in [0.5, 0.6) is 0 Å². The number of ether oxygens (including phenoxy) is 2. The molecule has 3 rings (SSSR count). The average molecular weight is 322 g/mol. The first-order valence-electron chi connectivity index (χ1n) is 8.94. The van der Waals surface area contributed by atoms with Crippen molar-refractivity contribution in [1.29, 1.82) is 0 Å². The van der Waals surface area contributed by atoms with Crippen LogP contribution in [0.2, 0.25) is 0 Å². The molecule has 1 saturated heterocycles. The Morgan fingerprint density at radius 2 is 2.00 bits per heavy atom. The smallest absolute Gasteiger partial charge is 0.431 e. The maximum atomic E-state index is 11.4. The predicted octanol–water partition coefficient (Wildman–Crippen LogP) is 4.22. The van der Waals surface area contributed by atoms with Crippen LogP contribution in [0.15, 0.2) is 11.1 Å². The van der Waals surface area contributed by atoms with E-state index in [-0.39, 0.29) is 12.0 Å². The molecule has 0 spiro atoms. The maximum Gasteiger partial charge on any atom is 0.508 e. The van der Waals surface area contributed by atoms with Crippen molar-refractivity contribution in [3.05, 3.63) is 11.1 Å². The number of hydrogen-bond donors (Lipinski definition) is 1. The molecule has 2 unspecified atom stereocenters. The van der Waals surface area contributed by atoms with Gasteiger partial charge >= 0.3 is 6.16 Å². The van der Waals surface area contributed by atoms with Gasteiger partial charge in [0.25, 0.3) is 0 Å². The van der Waals surface area contributed by atoms with Gasteiger partial charge in [-0.3, -0.25) is 0 Å². The van der Waals surface area contributed by atoms with Crippen LogP contribution in [0.3, 0.4) is 0 Å². The minimum absolute atomic E-state index is 0.0431. The summed E-state index contributed by atoms with van der Waals surface area (Å²) < 4.78 is 10.1. The highest BCUT2D eigenvalue weighted by Gasteiger charge is 2.51. The Balaban J connectivity index is 1.88. The standard InChI is InChI=1S/C19H30O4/c1-12-6-7-16-18(2,3)8-5-9-19(16,4)13(12)10-15-14(20)11-22-17(21)23-15/h14-16,20H,5-11H2,1-4H3/t14?,15?,16-,19+/m1/s1. The van der Waals surface area contributed by atoms with E-state index in [0.29, 0.717) is 17.8 Å². The molecule has 2 aliphatic carbocycles. The fourth-order valence-electron chi connectivity index (χ4n) is 5.47. The maximum absolute atomic E-state index is 11.4. The number of cyclic esters (lactones) is 2. The van der Waals surface area contributed by atoms with E-state index in [1.165, 1.54) is 36.8 Å². The third-order valence-electron chi connectivity index (χ3n) is 6.70. The Kier molecular flexibility index (Phi) is 4.24. The largest absolute Gasteiger partial charge is 0.508 e. The summed E-state index contributed by atoms with van der Waals surface area (Å²) in [7, 11) is 0. The third-order valence-corrected chi connectivity index (χ3v) is 6.70. The second-order valence-electron chi connectivity index (χ2n) is 8.60. The normalized spacial score (nSPS) is 40.2. The van der Waals surface area contributed by atoms with Crippen molar-refractivity contribution in [1.82, 2.24) is 0 Å². The van der Waals surface area contributed by atoms with E-state index in [1.54, 1.807) is 0 Å². The summed E-state index contributed by atoms with van der Waals surface area (Å²) in [6, 6.07) is 0. The van der Waals surface area contributed by atoms with Crippen LogP contribution in [-0.4, -0.2) is 30.1 Å². The lowest BCUT2D eigenvalue weighted by Gasteiger charge is -2.55. The van der Waals surface area contributed by atoms with Crippen LogP contribution in [0.25, 0.3) is 0 Å². The first kappa shape index (κ1) is 16.8. The Hall–Kier alpha value is -1.03. The lowest BCUT2D eigenvalue weighted by Crippen LogP contribution is -2.48. The van der Waals surface area contributed by atoms with Crippen LogP contribution in [-0.2, 0) is 9.47 Å². The Morgan fingerprint density at radius 3 is 2.74 bits per heavy atom. The van der Waals surface area contributed by atoms with Gasteiger partial charge in [-0.05, 0) is 49.4 Å². The van der Waals surface area contributed by atoms with Crippen LogP contribution in [0, 0.1) is 16.7 Å². The van der Waals surface area contributed by atoms with Gasteiger partial charge in [-0.15, -0.1) is 0 Å². The molecule has 1 heterocycles. The highest BCUT2D eigenvalue weighted by atomic mass is 16.7. The Labute approximate surface area is 139 Å². The molecule has 130 valence electrons. The van der Waals surface area contributed by atoms with Gasteiger partial charge in [-0.25, -0.2) is 4.79 Å². The number of carbonyl (C=O) groups excluding carboxylic acids is 1. The summed E-state index contributed by atoms with van der Waals surface area (Å²) in [6.45, 7) is 9.45. The Morgan fingerprint density at radius 1 is 1.26 bits per heavy atom. The molecule has 0 radical (unpaired) electrons. The molecule has 23 heavy (non-hydrogen) atoms. The summed E-state index contributed by atoms with van der Waals surface area (Å²) >= 11 is 0. The molecule has 0 bridgehead atoms. The van der Waals surface area contributed by atoms with E-state index in [4.69, 9.17) is 9.47 Å². The minimum Gasteiger partial charge on any atom is -0.431 e. The highest BCUT2D eigenvalue weighted by Crippen LogP contribution is 2.60. The molecule has 1 saturated carbocycles. The topological polar surface area (TPSA) is 55.8 Å². The first-order chi connectivity index (χ1) is 10.7.